The van der Waals surface area contributed by atoms with Crippen molar-refractivity contribution in [1.29, 1.82) is 0 Å². The van der Waals surface area contributed by atoms with Gasteiger partial charge in [0.2, 0.25) is 5.91 Å². The lowest BCUT2D eigenvalue weighted by atomic mass is 9.96. The molecule has 1 aliphatic rings. The number of aryl methyl sites for hydroxylation is 1. The molecular formula is C28H29N5O2. The number of likely N-dealkylation sites (tertiary alicyclic amines) is 1. The minimum Gasteiger partial charge on any atom is -0.338 e. The van der Waals surface area contributed by atoms with Crippen LogP contribution in [-0.2, 0) is 4.79 Å². The van der Waals surface area contributed by atoms with Crippen molar-refractivity contribution < 1.29 is 9.59 Å². The molecule has 0 spiro atoms. The number of carbonyl (C=O) groups excluding carboxylic acids is 2. The predicted molar refractivity (Wildman–Crippen MR) is 136 cm³/mol. The summed E-state index contributed by atoms with van der Waals surface area (Å²) < 4.78 is 3.68. The third-order valence-corrected chi connectivity index (χ3v) is 6.77. The molecule has 5 rings (SSSR count). The fourth-order valence-corrected chi connectivity index (χ4v) is 4.64. The number of anilines is 1. The minimum absolute atomic E-state index is 0.0400. The van der Waals surface area contributed by atoms with Gasteiger partial charge in [0, 0.05) is 31.2 Å². The highest BCUT2D eigenvalue weighted by molar-refractivity contribution is 5.98. The fourth-order valence-electron chi connectivity index (χ4n) is 4.64. The van der Waals surface area contributed by atoms with E-state index in [1.54, 1.807) is 15.8 Å². The van der Waals surface area contributed by atoms with Crippen molar-refractivity contribution in [3.05, 3.63) is 95.9 Å². The third-order valence-electron chi connectivity index (χ3n) is 6.77. The summed E-state index contributed by atoms with van der Waals surface area (Å²) >= 11 is 0. The number of benzene rings is 2. The second-order valence-corrected chi connectivity index (χ2v) is 9.05. The van der Waals surface area contributed by atoms with E-state index in [1.807, 2.05) is 91.5 Å². The first kappa shape index (κ1) is 22.7. The van der Waals surface area contributed by atoms with Crippen LogP contribution in [-0.4, -0.2) is 44.2 Å². The summed E-state index contributed by atoms with van der Waals surface area (Å²) in [4.78, 5) is 28.6. The van der Waals surface area contributed by atoms with Crippen LogP contribution >= 0.6 is 0 Å². The van der Waals surface area contributed by atoms with Gasteiger partial charge in [-0.3, -0.25) is 9.59 Å². The zero-order chi connectivity index (χ0) is 24.4. The van der Waals surface area contributed by atoms with E-state index in [2.05, 4.69) is 10.4 Å². The fraction of sp³-hybridized carbons (Fsp3) is 0.250. The molecule has 7 nitrogen and oxygen atoms in total. The van der Waals surface area contributed by atoms with Crippen LogP contribution in [0.4, 0.5) is 5.69 Å². The normalized spacial score (nSPS) is 15.7. The molecule has 4 aromatic rings. The van der Waals surface area contributed by atoms with Crippen LogP contribution < -0.4 is 5.32 Å². The number of aromatic nitrogens is 3. The van der Waals surface area contributed by atoms with Crippen molar-refractivity contribution in [2.75, 3.05) is 18.4 Å². The van der Waals surface area contributed by atoms with E-state index < -0.39 is 0 Å². The summed E-state index contributed by atoms with van der Waals surface area (Å²) in [6.45, 7) is 5.05. The zero-order valence-corrected chi connectivity index (χ0v) is 20.0. The SMILES string of the molecule is Cc1cccc(NC(=O)[C@H]2CCCN(C(=O)c3cnn(-c4ccccc4)c3-n3cccc3)C2)c1C. The largest absolute Gasteiger partial charge is 0.338 e. The molecule has 1 fully saturated rings. The Morgan fingerprint density at radius 1 is 0.971 bits per heavy atom. The van der Waals surface area contributed by atoms with Crippen LogP contribution in [0.5, 0.6) is 0 Å². The van der Waals surface area contributed by atoms with Gasteiger partial charge in [-0.1, -0.05) is 30.3 Å². The van der Waals surface area contributed by atoms with Crippen LogP contribution in [0.15, 0.2) is 79.3 Å². The summed E-state index contributed by atoms with van der Waals surface area (Å²) in [5, 5.41) is 7.64. The molecule has 1 aliphatic heterocycles. The summed E-state index contributed by atoms with van der Waals surface area (Å²) in [7, 11) is 0. The Labute approximate surface area is 205 Å². The number of nitrogens with zero attached hydrogens (tertiary/aromatic N) is 4. The van der Waals surface area contributed by atoms with Crippen molar-refractivity contribution in [3.8, 4) is 11.5 Å². The first-order chi connectivity index (χ1) is 17.0. The molecule has 7 heteroatoms. The lowest BCUT2D eigenvalue weighted by molar-refractivity contribution is -0.121. The average molecular weight is 468 g/mol. The Morgan fingerprint density at radius 2 is 1.74 bits per heavy atom. The molecule has 1 saturated heterocycles. The van der Waals surface area contributed by atoms with Crippen molar-refractivity contribution in [2.24, 2.45) is 5.92 Å². The number of nitrogens with one attached hydrogen (secondary N) is 1. The molecule has 0 radical (unpaired) electrons. The van der Waals surface area contributed by atoms with E-state index in [-0.39, 0.29) is 17.7 Å². The van der Waals surface area contributed by atoms with E-state index in [0.717, 1.165) is 35.3 Å². The van der Waals surface area contributed by atoms with E-state index >= 15 is 0 Å². The number of piperidine rings is 1. The smallest absolute Gasteiger partial charge is 0.259 e. The van der Waals surface area contributed by atoms with Crippen molar-refractivity contribution >= 4 is 17.5 Å². The Bertz CT molecular complexity index is 1340. The van der Waals surface area contributed by atoms with Crippen LogP contribution in [0.3, 0.4) is 0 Å². The van der Waals surface area contributed by atoms with Crippen LogP contribution in [0.2, 0.25) is 0 Å². The molecule has 1 N–H and O–H groups in total. The summed E-state index contributed by atoms with van der Waals surface area (Å²) in [5.41, 5.74) is 4.42. The minimum atomic E-state index is -0.258. The van der Waals surface area contributed by atoms with Gasteiger partial charge in [0.1, 0.15) is 5.56 Å². The van der Waals surface area contributed by atoms with Crippen molar-refractivity contribution in [2.45, 2.75) is 26.7 Å². The number of hydrogen-bond donors (Lipinski definition) is 1. The molecule has 35 heavy (non-hydrogen) atoms. The lowest BCUT2D eigenvalue weighted by Gasteiger charge is -2.32. The van der Waals surface area contributed by atoms with E-state index in [0.29, 0.717) is 24.5 Å². The van der Waals surface area contributed by atoms with Gasteiger partial charge in [-0.15, -0.1) is 0 Å². The van der Waals surface area contributed by atoms with Crippen molar-refractivity contribution in [3.63, 3.8) is 0 Å². The highest BCUT2D eigenvalue weighted by Gasteiger charge is 2.31. The van der Waals surface area contributed by atoms with Crippen LogP contribution in [0.25, 0.3) is 11.5 Å². The topological polar surface area (TPSA) is 72.2 Å². The van der Waals surface area contributed by atoms with Gasteiger partial charge in [-0.25, -0.2) is 4.68 Å². The zero-order valence-electron chi connectivity index (χ0n) is 20.0. The van der Waals surface area contributed by atoms with Gasteiger partial charge in [-0.05, 0) is 68.1 Å². The standard InChI is InChI=1S/C28H29N5O2/c1-20-10-8-14-25(21(20)2)30-26(34)22-11-9-17-32(19-22)28(35)24-18-29-33(23-12-4-3-5-13-23)27(24)31-15-6-7-16-31/h3-8,10,12-16,18,22H,9,11,17,19H2,1-2H3,(H,30,34)/t22-/m0/s1. The number of carbonyl (C=O) groups is 2. The van der Waals surface area contributed by atoms with E-state index in [4.69, 9.17) is 0 Å². The Morgan fingerprint density at radius 3 is 2.51 bits per heavy atom. The van der Waals surface area contributed by atoms with Gasteiger partial charge in [0.25, 0.3) is 5.91 Å². The second-order valence-electron chi connectivity index (χ2n) is 9.05. The molecular weight excluding hydrogens is 438 g/mol. The maximum Gasteiger partial charge on any atom is 0.259 e. The molecule has 0 aliphatic carbocycles. The van der Waals surface area contributed by atoms with Crippen molar-refractivity contribution in [1.82, 2.24) is 19.2 Å². The molecule has 2 aromatic carbocycles. The highest BCUT2D eigenvalue weighted by atomic mass is 16.2. The molecule has 0 saturated carbocycles. The quantitative estimate of drug-likeness (QED) is 0.460. The van der Waals surface area contributed by atoms with Gasteiger partial charge >= 0.3 is 0 Å². The van der Waals surface area contributed by atoms with Gasteiger partial charge < -0.3 is 14.8 Å². The first-order valence-electron chi connectivity index (χ1n) is 12.0. The molecule has 2 aromatic heterocycles. The predicted octanol–water partition coefficient (Wildman–Crippen LogP) is 4.77. The maximum atomic E-state index is 13.7. The van der Waals surface area contributed by atoms with Crippen LogP contribution in [0.1, 0.15) is 34.3 Å². The summed E-state index contributed by atoms with van der Waals surface area (Å²) in [5.74, 6) is 0.280. The highest BCUT2D eigenvalue weighted by Crippen LogP contribution is 2.26. The van der Waals surface area contributed by atoms with Gasteiger partial charge in [0.05, 0.1) is 17.8 Å². The Hall–Kier alpha value is -4.13. The van der Waals surface area contributed by atoms with Crippen LogP contribution in [0, 0.1) is 19.8 Å². The Kier molecular flexibility index (Phi) is 6.23. The number of hydrogen-bond acceptors (Lipinski definition) is 3. The molecule has 2 amide bonds. The van der Waals surface area contributed by atoms with Gasteiger partial charge in [-0.2, -0.15) is 5.10 Å². The molecule has 1 atom stereocenters. The number of rotatable bonds is 5. The Balaban J connectivity index is 1.39. The summed E-state index contributed by atoms with van der Waals surface area (Å²) in [6.07, 6.45) is 6.98. The number of amides is 2. The van der Waals surface area contributed by atoms with E-state index in [9.17, 15) is 9.59 Å². The molecule has 3 heterocycles. The maximum absolute atomic E-state index is 13.7. The lowest BCUT2D eigenvalue weighted by Crippen LogP contribution is -2.44. The molecule has 0 bridgehead atoms. The second kappa shape index (κ2) is 9.62. The molecule has 178 valence electrons. The number of para-hydroxylation sites is 1. The van der Waals surface area contributed by atoms with Gasteiger partial charge in [0.15, 0.2) is 5.82 Å². The third kappa shape index (κ3) is 4.49. The molecule has 0 unspecified atom stereocenters. The first-order valence-corrected chi connectivity index (χ1v) is 12.0. The van der Waals surface area contributed by atoms with E-state index in [1.165, 1.54) is 0 Å². The summed E-state index contributed by atoms with van der Waals surface area (Å²) in [6, 6.07) is 19.5. The average Bonchev–Trinajstić information content (AvgIpc) is 3.57. The monoisotopic (exact) mass is 467 g/mol.